The van der Waals surface area contributed by atoms with Crippen molar-refractivity contribution in [1.82, 2.24) is 20.8 Å². The summed E-state index contributed by atoms with van der Waals surface area (Å²) in [5.74, 6) is 0.921. The van der Waals surface area contributed by atoms with Crippen molar-refractivity contribution in [2.24, 2.45) is 4.99 Å². The molecule has 0 radical (unpaired) electrons. The Bertz CT molecular complexity index is 572. The summed E-state index contributed by atoms with van der Waals surface area (Å²) in [5.41, 5.74) is 2.39. The molecule has 0 saturated carbocycles. The van der Waals surface area contributed by atoms with Crippen LogP contribution in [-0.2, 0) is 6.42 Å². The molecule has 0 bridgehead atoms. The van der Waals surface area contributed by atoms with Crippen LogP contribution in [0.1, 0.15) is 12.5 Å². The second-order valence-corrected chi connectivity index (χ2v) is 4.70. The molecular weight excluding hydrogens is 226 g/mol. The number of nitrogens with zero attached hydrogens (tertiary/aromatic N) is 2. The fourth-order valence-electron chi connectivity index (χ4n) is 2.12. The number of fused-ring (bicyclic) bond motifs is 1. The van der Waals surface area contributed by atoms with Crippen LogP contribution in [0.15, 0.2) is 29.4 Å². The maximum absolute atomic E-state index is 4.37. The highest BCUT2D eigenvalue weighted by Gasteiger charge is 2.11. The minimum atomic E-state index is 0.453. The van der Waals surface area contributed by atoms with Gasteiger partial charge in [0.2, 0.25) is 0 Å². The van der Waals surface area contributed by atoms with Gasteiger partial charge in [-0.25, -0.2) is 0 Å². The molecule has 5 heteroatoms. The van der Waals surface area contributed by atoms with E-state index in [2.05, 4.69) is 50.9 Å². The first-order chi connectivity index (χ1) is 8.81. The molecule has 0 spiro atoms. The molecule has 0 amide bonds. The third kappa shape index (κ3) is 2.30. The average Bonchev–Trinajstić information content (AvgIpc) is 2.97. The third-order valence-corrected chi connectivity index (χ3v) is 3.12. The van der Waals surface area contributed by atoms with E-state index in [1.807, 2.05) is 6.20 Å². The number of nitrogens with one attached hydrogen (secondary N) is 3. The first-order valence-corrected chi connectivity index (χ1v) is 6.28. The van der Waals surface area contributed by atoms with Crippen LogP contribution in [0.3, 0.4) is 0 Å². The fraction of sp³-hybridized carbons (Fsp3) is 0.385. The van der Waals surface area contributed by atoms with Crippen LogP contribution in [0.2, 0.25) is 0 Å². The van der Waals surface area contributed by atoms with Gasteiger partial charge in [0.1, 0.15) is 0 Å². The monoisotopic (exact) mass is 243 g/mol. The van der Waals surface area contributed by atoms with Gasteiger partial charge in [0.25, 0.3) is 0 Å². The van der Waals surface area contributed by atoms with Crippen LogP contribution in [0, 0.1) is 0 Å². The lowest BCUT2D eigenvalue weighted by Crippen LogP contribution is -2.38. The largest absolute Gasteiger partial charge is 0.356 e. The number of aromatic amines is 1. The van der Waals surface area contributed by atoms with E-state index in [1.165, 1.54) is 5.56 Å². The van der Waals surface area contributed by atoms with Crippen LogP contribution < -0.4 is 10.6 Å². The van der Waals surface area contributed by atoms with Gasteiger partial charge in [-0.2, -0.15) is 5.10 Å². The van der Waals surface area contributed by atoms with Gasteiger partial charge >= 0.3 is 0 Å². The molecule has 18 heavy (non-hydrogen) atoms. The van der Waals surface area contributed by atoms with Gasteiger partial charge in [0.15, 0.2) is 5.96 Å². The zero-order chi connectivity index (χ0) is 12.4. The lowest BCUT2D eigenvalue weighted by atomic mass is 10.1. The van der Waals surface area contributed by atoms with E-state index in [9.17, 15) is 0 Å². The Balaban J connectivity index is 1.56. The van der Waals surface area contributed by atoms with Crippen molar-refractivity contribution in [1.29, 1.82) is 0 Å². The number of guanidine groups is 1. The quantitative estimate of drug-likeness (QED) is 0.754. The summed E-state index contributed by atoms with van der Waals surface area (Å²) in [4.78, 5) is 4.37. The first-order valence-electron chi connectivity index (χ1n) is 6.28. The number of aromatic nitrogens is 2. The standard InChI is InChI=1S/C13H17N5/c1-9-7-15-13(17-9)14-5-4-10-2-3-11-8-16-18-12(11)6-10/h2-3,6,8-9H,4-5,7H2,1H3,(H,16,18)(H2,14,15,17). The Labute approximate surface area is 106 Å². The van der Waals surface area contributed by atoms with E-state index >= 15 is 0 Å². The zero-order valence-corrected chi connectivity index (χ0v) is 10.4. The van der Waals surface area contributed by atoms with Crippen molar-refractivity contribution < 1.29 is 0 Å². The molecule has 1 aromatic carbocycles. The summed E-state index contributed by atoms with van der Waals surface area (Å²) in [5, 5.41) is 14.8. The predicted molar refractivity (Wildman–Crippen MR) is 72.7 cm³/mol. The molecule has 3 rings (SSSR count). The number of hydrogen-bond donors (Lipinski definition) is 3. The van der Waals surface area contributed by atoms with Gasteiger partial charge in [0.05, 0.1) is 18.3 Å². The third-order valence-electron chi connectivity index (χ3n) is 3.12. The summed E-state index contributed by atoms with van der Waals surface area (Å²) in [7, 11) is 0. The Morgan fingerprint density at radius 3 is 3.22 bits per heavy atom. The second-order valence-electron chi connectivity index (χ2n) is 4.70. The number of rotatable bonds is 3. The average molecular weight is 243 g/mol. The first kappa shape index (κ1) is 11.1. The van der Waals surface area contributed by atoms with Gasteiger partial charge in [-0.15, -0.1) is 0 Å². The van der Waals surface area contributed by atoms with Crippen molar-refractivity contribution >= 4 is 16.9 Å². The smallest absolute Gasteiger partial charge is 0.191 e. The summed E-state index contributed by atoms with van der Waals surface area (Å²) >= 11 is 0. The molecular formula is C13H17N5. The Hall–Kier alpha value is -2.04. The van der Waals surface area contributed by atoms with Crippen LogP contribution in [-0.4, -0.2) is 35.3 Å². The van der Waals surface area contributed by atoms with Gasteiger partial charge in [-0.1, -0.05) is 12.1 Å². The SMILES string of the molecule is CC1CN=C(NCCc2ccc3cn[nH]c3c2)N1. The molecule has 1 aliphatic heterocycles. The Morgan fingerprint density at radius 1 is 1.44 bits per heavy atom. The molecule has 0 saturated heterocycles. The molecule has 1 aliphatic rings. The second kappa shape index (κ2) is 4.68. The molecule has 1 unspecified atom stereocenters. The normalized spacial score (nSPS) is 18.7. The van der Waals surface area contributed by atoms with E-state index in [1.54, 1.807) is 0 Å². The topological polar surface area (TPSA) is 65.1 Å². The summed E-state index contributed by atoms with van der Waals surface area (Å²) < 4.78 is 0. The number of H-pyrrole nitrogens is 1. The summed E-state index contributed by atoms with van der Waals surface area (Å²) in [6, 6.07) is 6.85. The minimum Gasteiger partial charge on any atom is -0.356 e. The molecule has 0 fully saturated rings. The molecule has 0 aliphatic carbocycles. The van der Waals surface area contributed by atoms with E-state index in [0.717, 1.165) is 36.4 Å². The van der Waals surface area contributed by atoms with Crippen molar-refractivity contribution in [2.75, 3.05) is 13.1 Å². The van der Waals surface area contributed by atoms with Gasteiger partial charge in [0, 0.05) is 18.0 Å². The number of benzene rings is 1. The van der Waals surface area contributed by atoms with Crippen molar-refractivity contribution in [3.63, 3.8) is 0 Å². The maximum Gasteiger partial charge on any atom is 0.191 e. The molecule has 1 atom stereocenters. The van der Waals surface area contributed by atoms with Crippen LogP contribution in [0.4, 0.5) is 0 Å². The highest BCUT2D eigenvalue weighted by atomic mass is 15.2. The van der Waals surface area contributed by atoms with E-state index < -0.39 is 0 Å². The molecule has 1 aromatic heterocycles. The van der Waals surface area contributed by atoms with Crippen LogP contribution in [0.5, 0.6) is 0 Å². The molecule has 5 nitrogen and oxygen atoms in total. The van der Waals surface area contributed by atoms with Crippen LogP contribution >= 0.6 is 0 Å². The molecule has 2 aromatic rings. The predicted octanol–water partition coefficient (Wildman–Crippen LogP) is 1.04. The summed E-state index contributed by atoms with van der Waals surface area (Å²) in [6.45, 7) is 3.88. The number of hydrogen-bond acceptors (Lipinski definition) is 4. The Morgan fingerprint density at radius 2 is 2.39 bits per heavy atom. The van der Waals surface area contributed by atoms with Gasteiger partial charge in [-0.3, -0.25) is 10.1 Å². The van der Waals surface area contributed by atoms with Crippen molar-refractivity contribution in [3.05, 3.63) is 30.0 Å². The highest BCUT2D eigenvalue weighted by Crippen LogP contribution is 2.12. The van der Waals surface area contributed by atoms with Crippen molar-refractivity contribution in [2.45, 2.75) is 19.4 Å². The maximum atomic E-state index is 4.37. The Kier molecular flexibility index (Phi) is 2.88. The lowest BCUT2D eigenvalue weighted by Gasteiger charge is -2.08. The zero-order valence-electron chi connectivity index (χ0n) is 10.4. The van der Waals surface area contributed by atoms with Crippen LogP contribution in [0.25, 0.3) is 10.9 Å². The molecule has 94 valence electrons. The van der Waals surface area contributed by atoms with E-state index in [4.69, 9.17) is 0 Å². The molecule has 2 heterocycles. The fourth-order valence-corrected chi connectivity index (χ4v) is 2.12. The molecule has 3 N–H and O–H groups in total. The highest BCUT2D eigenvalue weighted by molar-refractivity contribution is 5.81. The number of aliphatic imine (C=N–C) groups is 1. The van der Waals surface area contributed by atoms with Gasteiger partial charge < -0.3 is 10.6 Å². The minimum absolute atomic E-state index is 0.453. The van der Waals surface area contributed by atoms with Gasteiger partial charge in [-0.05, 0) is 25.0 Å². The van der Waals surface area contributed by atoms with E-state index in [-0.39, 0.29) is 0 Å². The summed E-state index contributed by atoms with van der Waals surface area (Å²) in [6.07, 6.45) is 2.82. The lowest BCUT2D eigenvalue weighted by molar-refractivity contribution is 0.712. The van der Waals surface area contributed by atoms with Crippen molar-refractivity contribution in [3.8, 4) is 0 Å². The van der Waals surface area contributed by atoms with E-state index in [0.29, 0.717) is 6.04 Å².